The molecule has 1 aromatic rings. The third-order valence-electron chi connectivity index (χ3n) is 2.64. The summed E-state index contributed by atoms with van der Waals surface area (Å²) in [7, 11) is 4.29. The standard InChI is InChI=1S/C13H17NO6/c1-7(15)14-12(13(16)17)8-5-10(19-3)11(20-4)6-9(8)18-2/h5-6,12H,1-4H3,(H,14,15)(H,16,17). The van der Waals surface area contributed by atoms with Crippen LogP contribution in [0.25, 0.3) is 0 Å². The molecular weight excluding hydrogens is 266 g/mol. The van der Waals surface area contributed by atoms with Gasteiger partial charge in [-0.05, 0) is 6.07 Å². The highest BCUT2D eigenvalue weighted by molar-refractivity contribution is 5.84. The summed E-state index contributed by atoms with van der Waals surface area (Å²) < 4.78 is 15.4. The lowest BCUT2D eigenvalue weighted by molar-refractivity contribution is -0.141. The van der Waals surface area contributed by atoms with Gasteiger partial charge in [-0.1, -0.05) is 0 Å². The largest absolute Gasteiger partial charge is 0.496 e. The molecule has 0 saturated carbocycles. The van der Waals surface area contributed by atoms with E-state index in [0.29, 0.717) is 11.5 Å². The van der Waals surface area contributed by atoms with Crippen LogP contribution in [0.2, 0.25) is 0 Å². The van der Waals surface area contributed by atoms with Gasteiger partial charge in [0, 0.05) is 18.6 Å². The predicted octanol–water partition coefficient (Wildman–Crippen LogP) is 0.974. The van der Waals surface area contributed by atoms with E-state index in [4.69, 9.17) is 14.2 Å². The van der Waals surface area contributed by atoms with Crippen molar-refractivity contribution >= 4 is 11.9 Å². The molecule has 2 N–H and O–H groups in total. The molecule has 110 valence electrons. The number of methoxy groups -OCH3 is 3. The molecule has 0 radical (unpaired) electrons. The first-order chi connectivity index (χ1) is 9.44. The van der Waals surface area contributed by atoms with Crippen LogP contribution in [0.3, 0.4) is 0 Å². The average molecular weight is 283 g/mol. The van der Waals surface area contributed by atoms with Gasteiger partial charge < -0.3 is 24.6 Å². The summed E-state index contributed by atoms with van der Waals surface area (Å²) in [6, 6.07) is 1.74. The van der Waals surface area contributed by atoms with Crippen molar-refractivity contribution < 1.29 is 28.9 Å². The Kier molecular flexibility index (Phi) is 5.19. The molecule has 20 heavy (non-hydrogen) atoms. The number of carbonyl (C=O) groups excluding carboxylic acids is 1. The van der Waals surface area contributed by atoms with Crippen LogP contribution in [-0.4, -0.2) is 38.3 Å². The summed E-state index contributed by atoms with van der Waals surface area (Å²) >= 11 is 0. The van der Waals surface area contributed by atoms with Crippen molar-refractivity contribution in [2.75, 3.05) is 21.3 Å². The molecule has 1 atom stereocenters. The fourth-order valence-electron chi connectivity index (χ4n) is 1.75. The quantitative estimate of drug-likeness (QED) is 0.808. The summed E-state index contributed by atoms with van der Waals surface area (Å²) in [6.45, 7) is 1.24. The van der Waals surface area contributed by atoms with Gasteiger partial charge in [-0.2, -0.15) is 0 Å². The van der Waals surface area contributed by atoms with Crippen LogP contribution in [0.4, 0.5) is 0 Å². The number of benzene rings is 1. The molecule has 0 saturated heterocycles. The van der Waals surface area contributed by atoms with Gasteiger partial charge in [0.05, 0.1) is 21.3 Å². The number of hydrogen-bond donors (Lipinski definition) is 2. The molecule has 0 aliphatic carbocycles. The molecule has 7 heteroatoms. The molecule has 1 unspecified atom stereocenters. The summed E-state index contributed by atoms with van der Waals surface area (Å²) in [5.41, 5.74) is 0.271. The number of amides is 1. The number of ether oxygens (including phenoxy) is 3. The van der Waals surface area contributed by atoms with Crippen molar-refractivity contribution in [2.24, 2.45) is 0 Å². The first-order valence-electron chi connectivity index (χ1n) is 5.74. The van der Waals surface area contributed by atoms with Crippen LogP contribution in [0.15, 0.2) is 12.1 Å². The van der Waals surface area contributed by atoms with Gasteiger partial charge in [0.25, 0.3) is 0 Å². The topological polar surface area (TPSA) is 94.1 Å². The number of nitrogens with one attached hydrogen (secondary N) is 1. The second kappa shape index (κ2) is 6.65. The Labute approximate surface area is 116 Å². The van der Waals surface area contributed by atoms with Crippen LogP contribution < -0.4 is 19.5 Å². The maximum absolute atomic E-state index is 11.3. The van der Waals surface area contributed by atoms with E-state index in [9.17, 15) is 14.7 Å². The molecule has 0 aromatic heterocycles. The Morgan fingerprint density at radius 3 is 1.95 bits per heavy atom. The lowest BCUT2D eigenvalue weighted by atomic mass is 10.0. The smallest absolute Gasteiger partial charge is 0.331 e. The van der Waals surface area contributed by atoms with Crippen molar-refractivity contribution in [3.63, 3.8) is 0 Å². The maximum Gasteiger partial charge on any atom is 0.331 e. The van der Waals surface area contributed by atoms with Gasteiger partial charge in [0.15, 0.2) is 17.5 Å². The first-order valence-corrected chi connectivity index (χ1v) is 5.74. The van der Waals surface area contributed by atoms with E-state index in [1.165, 1.54) is 40.4 Å². The Morgan fingerprint density at radius 1 is 1.05 bits per heavy atom. The van der Waals surface area contributed by atoms with Gasteiger partial charge in [-0.25, -0.2) is 4.79 Å². The van der Waals surface area contributed by atoms with E-state index in [2.05, 4.69) is 5.32 Å². The zero-order valence-corrected chi connectivity index (χ0v) is 11.7. The number of carboxylic acids is 1. The minimum absolute atomic E-state index is 0.271. The van der Waals surface area contributed by atoms with Crippen molar-refractivity contribution in [3.05, 3.63) is 17.7 Å². The second-order valence-corrected chi connectivity index (χ2v) is 3.92. The molecule has 0 bridgehead atoms. The van der Waals surface area contributed by atoms with Crippen LogP contribution in [0, 0.1) is 0 Å². The lowest BCUT2D eigenvalue weighted by Gasteiger charge is -2.19. The molecule has 0 aliphatic heterocycles. The van der Waals surface area contributed by atoms with Crippen LogP contribution in [0.5, 0.6) is 17.2 Å². The molecule has 1 aromatic carbocycles. The van der Waals surface area contributed by atoms with Crippen LogP contribution >= 0.6 is 0 Å². The number of hydrogen-bond acceptors (Lipinski definition) is 5. The molecular formula is C13H17NO6. The normalized spacial score (nSPS) is 11.4. The number of rotatable bonds is 6. The molecule has 0 aliphatic rings. The summed E-state index contributed by atoms with van der Waals surface area (Å²) in [5.74, 6) is -0.635. The van der Waals surface area contributed by atoms with Gasteiger partial charge in [0.2, 0.25) is 5.91 Å². The van der Waals surface area contributed by atoms with E-state index in [-0.39, 0.29) is 11.3 Å². The monoisotopic (exact) mass is 283 g/mol. The summed E-state index contributed by atoms with van der Waals surface area (Å²) in [6.07, 6.45) is 0. The zero-order chi connectivity index (χ0) is 15.3. The van der Waals surface area contributed by atoms with Crippen molar-refractivity contribution in [3.8, 4) is 17.2 Å². The third kappa shape index (κ3) is 3.31. The molecule has 0 fully saturated rings. The highest BCUT2D eigenvalue weighted by Crippen LogP contribution is 2.37. The van der Waals surface area contributed by atoms with E-state index in [1.54, 1.807) is 0 Å². The summed E-state index contributed by atoms with van der Waals surface area (Å²) in [5, 5.41) is 11.6. The van der Waals surface area contributed by atoms with Gasteiger partial charge in [-0.3, -0.25) is 4.79 Å². The minimum atomic E-state index is -1.23. The Hall–Kier alpha value is -2.44. The van der Waals surface area contributed by atoms with Crippen molar-refractivity contribution in [1.29, 1.82) is 0 Å². The van der Waals surface area contributed by atoms with Crippen LogP contribution in [-0.2, 0) is 9.59 Å². The molecule has 1 rings (SSSR count). The number of carbonyl (C=O) groups is 2. The van der Waals surface area contributed by atoms with E-state index < -0.39 is 17.9 Å². The maximum atomic E-state index is 11.3. The number of carboxylic acid groups (broad SMARTS) is 1. The third-order valence-corrected chi connectivity index (χ3v) is 2.64. The van der Waals surface area contributed by atoms with Crippen molar-refractivity contribution in [2.45, 2.75) is 13.0 Å². The second-order valence-electron chi connectivity index (χ2n) is 3.92. The molecule has 1 amide bonds. The Balaban J connectivity index is 3.38. The molecule has 0 heterocycles. The molecule has 7 nitrogen and oxygen atoms in total. The highest BCUT2D eigenvalue weighted by Gasteiger charge is 2.26. The SMILES string of the molecule is COc1cc(OC)c(C(NC(C)=O)C(=O)O)cc1OC. The van der Waals surface area contributed by atoms with Gasteiger partial charge in [-0.15, -0.1) is 0 Å². The van der Waals surface area contributed by atoms with E-state index in [1.807, 2.05) is 0 Å². The van der Waals surface area contributed by atoms with E-state index >= 15 is 0 Å². The zero-order valence-electron chi connectivity index (χ0n) is 11.7. The number of aliphatic carboxylic acids is 1. The van der Waals surface area contributed by atoms with Crippen molar-refractivity contribution in [1.82, 2.24) is 5.32 Å². The van der Waals surface area contributed by atoms with Gasteiger partial charge >= 0.3 is 5.97 Å². The lowest BCUT2D eigenvalue weighted by Crippen LogP contribution is -2.32. The first kappa shape index (κ1) is 15.6. The average Bonchev–Trinajstić information content (AvgIpc) is 2.42. The van der Waals surface area contributed by atoms with Gasteiger partial charge in [0.1, 0.15) is 5.75 Å². The van der Waals surface area contributed by atoms with Crippen LogP contribution in [0.1, 0.15) is 18.5 Å². The minimum Gasteiger partial charge on any atom is -0.496 e. The van der Waals surface area contributed by atoms with E-state index in [0.717, 1.165) is 0 Å². The molecule has 0 spiro atoms. The Morgan fingerprint density at radius 2 is 1.55 bits per heavy atom. The predicted molar refractivity (Wildman–Crippen MR) is 70.3 cm³/mol. The fraction of sp³-hybridized carbons (Fsp3) is 0.385. The fourth-order valence-corrected chi connectivity index (χ4v) is 1.75. The summed E-state index contributed by atoms with van der Waals surface area (Å²) in [4.78, 5) is 22.5. The highest BCUT2D eigenvalue weighted by atomic mass is 16.5. The Bertz CT molecular complexity index is 514.